The predicted molar refractivity (Wildman–Crippen MR) is 77.4 cm³/mol. The summed E-state index contributed by atoms with van der Waals surface area (Å²) in [7, 11) is 1.84. The average Bonchev–Trinajstić information content (AvgIpc) is 3.15. The highest BCUT2D eigenvalue weighted by Gasteiger charge is 2.12. The molecule has 0 aliphatic rings. The maximum Gasteiger partial charge on any atom is 0.174 e. The van der Waals surface area contributed by atoms with Crippen molar-refractivity contribution in [1.29, 1.82) is 0 Å². The molecule has 7 heteroatoms. The summed E-state index contributed by atoms with van der Waals surface area (Å²) in [6, 6.07) is 3.58. The molecule has 0 unspecified atom stereocenters. The minimum absolute atomic E-state index is 0.00591. The first-order valence-corrected chi connectivity index (χ1v) is 7.17. The fourth-order valence-corrected chi connectivity index (χ4v) is 2.62. The van der Waals surface area contributed by atoms with Gasteiger partial charge in [-0.2, -0.15) is 5.10 Å². The summed E-state index contributed by atoms with van der Waals surface area (Å²) in [5.41, 5.74) is 1.59. The largest absolute Gasteiger partial charge is 0.484 e. The number of hydrogen-bond acceptors (Lipinski definition) is 6. The molecule has 0 aromatic carbocycles. The molecule has 108 valence electrons. The number of ether oxygens (including phenoxy) is 1. The molecule has 3 rings (SSSR count). The van der Waals surface area contributed by atoms with E-state index in [4.69, 9.17) is 9.26 Å². The topological polar surface area (TPSA) is 70.2 Å². The fourth-order valence-electron chi connectivity index (χ4n) is 1.89. The Bertz CT molecular complexity index is 772. The molecule has 3 aromatic rings. The van der Waals surface area contributed by atoms with Gasteiger partial charge in [-0.25, -0.2) is 0 Å². The minimum Gasteiger partial charge on any atom is -0.484 e. The van der Waals surface area contributed by atoms with Gasteiger partial charge in [0, 0.05) is 31.8 Å². The Morgan fingerprint density at radius 3 is 3.10 bits per heavy atom. The molecule has 0 saturated heterocycles. The molecule has 0 aliphatic carbocycles. The van der Waals surface area contributed by atoms with Gasteiger partial charge in [0.2, 0.25) is 0 Å². The average molecular weight is 303 g/mol. The van der Waals surface area contributed by atoms with Gasteiger partial charge < -0.3 is 9.26 Å². The Kier molecular flexibility index (Phi) is 3.57. The van der Waals surface area contributed by atoms with Crippen LogP contribution in [0.3, 0.4) is 0 Å². The van der Waals surface area contributed by atoms with Crippen LogP contribution in [0.5, 0.6) is 5.75 Å². The van der Waals surface area contributed by atoms with Gasteiger partial charge in [0.05, 0.1) is 6.20 Å². The van der Waals surface area contributed by atoms with Gasteiger partial charge in [-0.05, 0) is 11.4 Å². The molecule has 0 fully saturated rings. The van der Waals surface area contributed by atoms with Crippen LogP contribution in [0.2, 0.25) is 0 Å². The lowest BCUT2D eigenvalue weighted by molar-refractivity contribution is 0.101. The Labute approximate surface area is 124 Å². The third-order valence-electron chi connectivity index (χ3n) is 2.88. The number of carbonyl (C=O) groups is 1. The molecule has 0 amide bonds. The lowest BCUT2D eigenvalue weighted by Gasteiger charge is -2.02. The van der Waals surface area contributed by atoms with Crippen molar-refractivity contribution >= 4 is 17.1 Å². The van der Waals surface area contributed by atoms with Crippen molar-refractivity contribution in [2.75, 3.05) is 0 Å². The molecule has 6 nitrogen and oxygen atoms in total. The molecule has 0 radical (unpaired) electrons. The Morgan fingerprint density at radius 2 is 2.38 bits per heavy atom. The van der Waals surface area contributed by atoms with Gasteiger partial charge in [-0.1, -0.05) is 5.16 Å². The number of nitrogens with zero attached hydrogens (tertiary/aromatic N) is 3. The van der Waals surface area contributed by atoms with Crippen molar-refractivity contribution in [3.05, 3.63) is 40.5 Å². The van der Waals surface area contributed by atoms with Crippen LogP contribution in [0.15, 0.2) is 34.4 Å². The lowest BCUT2D eigenvalue weighted by atomic mass is 10.2. The molecular weight excluding hydrogens is 290 g/mol. The van der Waals surface area contributed by atoms with E-state index in [1.807, 2.05) is 18.6 Å². The molecular formula is C14H13N3O3S. The Morgan fingerprint density at radius 1 is 1.52 bits per heavy atom. The number of aryl methyl sites for hydroxylation is 1. The minimum atomic E-state index is -0.00591. The third-order valence-corrected chi connectivity index (χ3v) is 3.87. The van der Waals surface area contributed by atoms with Crippen LogP contribution in [-0.4, -0.2) is 20.7 Å². The molecule has 3 aromatic heterocycles. The van der Waals surface area contributed by atoms with Gasteiger partial charge >= 0.3 is 0 Å². The van der Waals surface area contributed by atoms with Crippen LogP contribution >= 0.6 is 11.3 Å². The van der Waals surface area contributed by atoms with Crippen molar-refractivity contribution in [2.45, 2.75) is 13.5 Å². The van der Waals surface area contributed by atoms with E-state index in [1.165, 1.54) is 18.3 Å². The molecule has 0 saturated carbocycles. The second-order valence-electron chi connectivity index (χ2n) is 4.54. The first kappa shape index (κ1) is 13.6. The van der Waals surface area contributed by atoms with Crippen molar-refractivity contribution in [1.82, 2.24) is 14.9 Å². The molecule has 0 spiro atoms. The highest BCUT2D eigenvalue weighted by molar-refractivity contribution is 7.12. The van der Waals surface area contributed by atoms with Crippen LogP contribution in [0.25, 0.3) is 11.3 Å². The molecule has 0 atom stereocenters. The van der Waals surface area contributed by atoms with E-state index in [0.29, 0.717) is 22.1 Å². The van der Waals surface area contributed by atoms with Gasteiger partial charge in [-0.3, -0.25) is 9.48 Å². The molecule has 0 N–H and O–H groups in total. The molecule has 0 bridgehead atoms. The Balaban J connectivity index is 1.70. The van der Waals surface area contributed by atoms with Gasteiger partial charge in [0.15, 0.2) is 11.5 Å². The summed E-state index contributed by atoms with van der Waals surface area (Å²) < 4.78 is 12.5. The zero-order chi connectivity index (χ0) is 14.8. The first-order valence-electron chi connectivity index (χ1n) is 6.29. The summed E-state index contributed by atoms with van der Waals surface area (Å²) in [5, 5.41) is 9.90. The van der Waals surface area contributed by atoms with Gasteiger partial charge in [0.25, 0.3) is 0 Å². The number of thiophene rings is 1. The first-order chi connectivity index (χ1) is 10.1. The zero-order valence-electron chi connectivity index (χ0n) is 11.6. The summed E-state index contributed by atoms with van der Waals surface area (Å²) in [5.74, 6) is 1.16. The second kappa shape index (κ2) is 5.53. The monoisotopic (exact) mass is 303 g/mol. The van der Waals surface area contributed by atoms with E-state index in [9.17, 15) is 4.79 Å². The maximum absolute atomic E-state index is 11.4. The van der Waals surface area contributed by atoms with E-state index in [2.05, 4.69) is 10.3 Å². The van der Waals surface area contributed by atoms with Crippen molar-refractivity contribution < 1.29 is 14.1 Å². The van der Waals surface area contributed by atoms with E-state index in [1.54, 1.807) is 23.0 Å². The highest BCUT2D eigenvalue weighted by Crippen LogP contribution is 2.26. The normalized spacial score (nSPS) is 10.8. The summed E-state index contributed by atoms with van der Waals surface area (Å²) in [6.45, 7) is 1.75. The molecule has 21 heavy (non-hydrogen) atoms. The number of Topliss-reactive ketones (excluding diaryl/α,β-unsaturated/α-hetero) is 1. The van der Waals surface area contributed by atoms with Gasteiger partial charge in [0.1, 0.15) is 22.9 Å². The number of aromatic nitrogens is 3. The Hall–Kier alpha value is -2.41. The smallest absolute Gasteiger partial charge is 0.174 e. The van der Waals surface area contributed by atoms with E-state index < -0.39 is 0 Å². The lowest BCUT2D eigenvalue weighted by Crippen LogP contribution is -1.97. The van der Waals surface area contributed by atoms with E-state index >= 15 is 0 Å². The predicted octanol–water partition coefficient (Wildman–Crippen LogP) is 2.92. The zero-order valence-corrected chi connectivity index (χ0v) is 12.4. The van der Waals surface area contributed by atoms with Gasteiger partial charge in [-0.15, -0.1) is 11.3 Å². The fraction of sp³-hybridized carbons (Fsp3) is 0.214. The SMILES string of the molecule is CC(=O)c1sccc1OCc1cc(-c2cnn(C)c2)no1. The number of carbonyl (C=O) groups excluding carboxylic acids is 1. The third kappa shape index (κ3) is 2.87. The maximum atomic E-state index is 11.4. The number of hydrogen-bond donors (Lipinski definition) is 0. The van der Waals surface area contributed by atoms with Crippen molar-refractivity contribution in [3.63, 3.8) is 0 Å². The number of ketones is 1. The van der Waals surface area contributed by atoms with E-state index in [-0.39, 0.29) is 12.4 Å². The summed E-state index contributed by atoms with van der Waals surface area (Å²) in [4.78, 5) is 12.0. The standard InChI is InChI=1S/C14H13N3O3S/c1-9(18)14-13(3-4-21-14)19-8-11-5-12(16-20-11)10-6-15-17(2)7-10/h3-7H,8H2,1-2H3. The van der Waals surface area contributed by atoms with E-state index in [0.717, 1.165) is 5.56 Å². The summed E-state index contributed by atoms with van der Waals surface area (Å²) in [6.07, 6.45) is 3.57. The van der Waals surface area contributed by atoms with Crippen LogP contribution in [-0.2, 0) is 13.7 Å². The van der Waals surface area contributed by atoms with Crippen LogP contribution in [0, 0.1) is 0 Å². The van der Waals surface area contributed by atoms with Crippen molar-refractivity contribution in [2.24, 2.45) is 7.05 Å². The number of rotatable bonds is 5. The highest BCUT2D eigenvalue weighted by atomic mass is 32.1. The molecule has 3 heterocycles. The molecule has 0 aliphatic heterocycles. The summed E-state index contributed by atoms with van der Waals surface area (Å²) >= 11 is 1.37. The quantitative estimate of drug-likeness (QED) is 0.678. The second-order valence-corrected chi connectivity index (χ2v) is 5.46. The van der Waals surface area contributed by atoms with Crippen LogP contribution < -0.4 is 4.74 Å². The van der Waals surface area contributed by atoms with Crippen LogP contribution in [0.1, 0.15) is 22.4 Å². The van der Waals surface area contributed by atoms with Crippen molar-refractivity contribution in [3.8, 4) is 17.0 Å². The van der Waals surface area contributed by atoms with Crippen LogP contribution in [0.4, 0.5) is 0 Å².